The van der Waals surface area contributed by atoms with Crippen LogP contribution in [0.5, 0.6) is 0 Å². The number of nitrogens with two attached hydrogens (primary N) is 1. The average molecular weight is 215 g/mol. The van der Waals surface area contributed by atoms with Gasteiger partial charge in [-0.1, -0.05) is 34.6 Å². The molecule has 90 valence electrons. The van der Waals surface area contributed by atoms with Gasteiger partial charge in [-0.3, -0.25) is 4.79 Å². The van der Waals surface area contributed by atoms with Crippen LogP contribution in [0.25, 0.3) is 0 Å². The van der Waals surface area contributed by atoms with Gasteiger partial charge in [0.05, 0.1) is 12.5 Å². The number of rotatable bonds is 5. The number of carbonyl (C=O) groups is 1. The van der Waals surface area contributed by atoms with Crippen LogP contribution in [0.2, 0.25) is 0 Å². The van der Waals surface area contributed by atoms with Gasteiger partial charge in [-0.2, -0.15) is 0 Å². The molecule has 0 amide bonds. The van der Waals surface area contributed by atoms with Crippen LogP contribution >= 0.6 is 0 Å². The lowest BCUT2D eigenvalue weighted by atomic mass is 9.93. The molecule has 15 heavy (non-hydrogen) atoms. The Hall–Kier alpha value is -0.570. The maximum Gasteiger partial charge on any atom is 0.310 e. The van der Waals surface area contributed by atoms with Crippen molar-refractivity contribution in [2.45, 2.75) is 41.0 Å². The number of carbonyl (C=O) groups excluding carboxylic acids is 1. The van der Waals surface area contributed by atoms with Crippen LogP contribution < -0.4 is 5.73 Å². The van der Waals surface area contributed by atoms with Gasteiger partial charge >= 0.3 is 5.97 Å². The van der Waals surface area contributed by atoms with Crippen molar-refractivity contribution in [3.8, 4) is 0 Å². The predicted octanol–water partition coefficient (Wildman–Crippen LogP) is 2.20. The second kappa shape index (κ2) is 6.11. The third kappa shape index (κ3) is 6.50. The molecule has 3 heteroatoms. The Labute approximate surface area is 93.4 Å². The Morgan fingerprint density at radius 3 is 2.20 bits per heavy atom. The van der Waals surface area contributed by atoms with Crippen molar-refractivity contribution in [1.82, 2.24) is 0 Å². The Balaban J connectivity index is 3.92. The first kappa shape index (κ1) is 14.4. The van der Waals surface area contributed by atoms with Crippen LogP contribution in [0.4, 0.5) is 0 Å². The molecule has 0 heterocycles. The standard InChI is InChI=1S/C12H25NO2/c1-9(2)10(8-13)11(14)15-7-6-12(3,4)5/h9-10H,6-8,13H2,1-5H3. The van der Waals surface area contributed by atoms with E-state index in [0.717, 1.165) is 6.42 Å². The fourth-order valence-corrected chi connectivity index (χ4v) is 1.21. The fourth-order valence-electron chi connectivity index (χ4n) is 1.21. The highest BCUT2D eigenvalue weighted by Crippen LogP contribution is 2.19. The summed E-state index contributed by atoms with van der Waals surface area (Å²) in [6, 6.07) is 0. The topological polar surface area (TPSA) is 52.3 Å². The van der Waals surface area contributed by atoms with Gasteiger partial charge in [-0.05, 0) is 17.8 Å². The molecule has 0 spiro atoms. The Morgan fingerprint density at radius 2 is 1.87 bits per heavy atom. The quantitative estimate of drug-likeness (QED) is 0.715. The van der Waals surface area contributed by atoms with Crippen LogP contribution in [-0.2, 0) is 9.53 Å². The Morgan fingerprint density at radius 1 is 1.33 bits per heavy atom. The average Bonchev–Trinajstić information content (AvgIpc) is 2.01. The minimum absolute atomic E-state index is 0.156. The van der Waals surface area contributed by atoms with Gasteiger partial charge in [0.2, 0.25) is 0 Å². The molecule has 3 nitrogen and oxygen atoms in total. The summed E-state index contributed by atoms with van der Waals surface area (Å²) in [6.07, 6.45) is 0.883. The summed E-state index contributed by atoms with van der Waals surface area (Å²) in [4.78, 5) is 11.6. The molecule has 1 unspecified atom stereocenters. The van der Waals surface area contributed by atoms with E-state index in [-0.39, 0.29) is 23.2 Å². The summed E-state index contributed by atoms with van der Waals surface area (Å²) in [5.74, 6) is -0.0705. The molecule has 0 aliphatic heterocycles. The van der Waals surface area contributed by atoms with Crippen molar-refractivity contribution >= 4 is 5.97 Å². The lowest BCUT2D eigenvalue weighted by Crippen LogP contribution is -2.30. The minimum atomic E-state index is -0.162. The van der Waals surface area contributed by atoms with E-state index in [0.29, 0.717) is 13.2 Å². The maximum absolute atomic E-state index is 11.6. The van der Waals surface area contributed by atoms with Gasteiger partial charge < -0.3 is 10.5 Å². The van der Waals surface area contributed by atoms with Gasteiger partial charge in [0, 0.05) is 6.54 Å². The molecule has 0 radical (unpaired) electrons. The minimum Gasteiger partial charge on any atom is -0.465 e. The summed E-state index contributed by atoms with van der Waals surface area (Å²) in [6.45, 7) is 11.2. The highest BCUT2D eigenvalue weighted by atomic mass is 16.5. The monoisotopic (exact) mass is 215 g/mol. The zero-order chi connectivity index (χ0) is 12.1. The molecule has 0 aliphatic rings. The van der Waals surface area contributed by atoms with Crippen LogP contribution in [0.15, 0.2) is 0 Å². The van der Waals surface area contributed by atoms with E-state index in [4.69, 9.17) is 10.5 Å². The van der Waals surface area contributed by atoms with E-state index in [9.17, 15) is 4.79 Å². The maximum atomic E-state index is 11.6. The molecule has 0 rings (SSSR count). The van der Waals surface area contributed by atoms with E-state index in [2.05, 4.69) is 20.8 Å². The zero-order valence-electron chi connectivity index (χ0n) is 10.7. The first-order valence-electron chi connectivity index (χ1n) is 5.64. The van der Waals surface area contributed by atoms with Crippen molar-refractivity contribution in [3.63, 3.8) is 0 Å². The molecule has 0 saturated carbocycles. The molecule has 0 aliphatic carbocycles. The van der Waals surface area contributed by atoms with Gasteiger partial charge in [0.1, 0.15) is 0 Å². The number of hydrogen-bond donors (Lipinski definition) is 1. The number of ether oxygens (including phenoxy) is 1. The van der Waals surface area contributed by atoms with Crippen molar-refractivity contribution in [1.29, 1.82) is 0 Å². The Bertz CT molecular complexity index is 194. The summed E-state index contributed by atoms with van der Waals surface area (Å²) >= 11 is 0. The van der Waals surface area contributed by atoms with Crippen LogP contribution in [0.1, 0.15) is 41.0 Å². The largest absolute Gasteiger partial charge is 0.465 e. The first-order chi connectivity index (χ1) is 6.78. The summed E-state index contributed by atoms with van der Waals surface area (Å²) < 4.78 is 5.21. The molecular weight excluding hydrogens is 190 g/mol. The zero-order valence-corrected chi connectivity index (χ0v) is 10.7. The number of hydrogen-bond acceptors (Lipinski definition) is 3. The van der Waals surface area contributed by atoms with E-state index < -0.39 is 0 Å². The highest BCUT2D eigenvalue weighted by Gasteiger charge is 2.22. The van der Waals surface area contributed by atoms with Crippen LogP contribution in [-0.4, -0.2) is 19.1 Å². The van der Waals surface area contributed by atoms with Crippen molar-refractivity contribution in [2.75, 3.05) is 13.2 Å². The lowest BCUT2D eigenvalue weighted by molar-refractivity contribution is -0.150. The molecule has 0 aromatic rings. The lowest BCUT2D eigenvalue weighted by Gasteiger charge is -2.20. The van der Waals surface area contributed by atoms with Gasteiger partial charge in [0.25, 0.3) is 0 Å². The van der Waals surface area contributed by atoms with Crippen molar-refractivity contribution in [2.24, 2.45) is 23.0 Å². The first-order valence-corrected chi connectivity index (χ1v) is 5.64. The highest BCUT2D eigenvalue weighted by molar-refractivity contribution is 5.72. The fraction of sp³-hybridized carbons (Fsp3) is 0.917. The van der Waals surface area contributed by atoms with Crippen LogP contribution in [0, 0.1) is 17.3 Å². The van der Waals surface area contributed by atoms with Crippen molar-refractivity contribution < 1.29 is 9.53 Å². The summed E-state index contributed by atoms with van der Waals surface area (Å²) in [5, 5.41) is 0. The van der Waals surface area contributed by atoms with E-state index in [1.165, 1.54) is 0 Å². The SMILES string of the molecule is CC(C)C(CN)C(=O)OCCC(C)(C)C. The van der Waals surface area contributed by atoms with Crippen molar-refractivity contribution in [3.05, 3.63) is 0 Å². The third-order valence-electron chi connectivity index (χ3n) is 2.46. The van der Waals surface area contributed by atoms with E-state index >= 15 is 0 Å². The third-order valence-corrected chi connectivity index (χ3v) is 2.46. The smallest absolute Gasteiger partial charge is 0.310 e. The molecular formula is C12H25NO2. The summed E-state index contributed by atoms with van der Waals surface area (Å²) in [7, 11) is 0. The Kier molecular flexibility index (Phi) is 5.88. The normalized spacial score (nSPS) is 14.1. The molecule has 0 bridgehead atoms. The van der Waals surface area contributed by atoms with Crippen LogP contribution in [0.3, 0.4) is 0 Å². The van der Waals surface area contributed by atoms with Gasteiger partial charge in [-0.15, -0.1) is 0 Å². The second-order valence-corrected chi connectivity index (χ2v) is 5.56. The van der Waals surface area contributed by atoms with E-state index in [1.807, 2.05) is 13.8 Å². The molecule has 1 atom stereocenters. The van der Waals surface area contributed by atoms with Gasteiger partial charge in [-0.25, -0.2) is 0 Å². The number of esters is 1. The predicted molar refractivity (Wildman–Crippen MR) is 62.4 cm³/mol. The van der Waals surface area contributed by atoms with Gasteiger partial charge in [0.15, 0.2) is 0 Å². The molecule has 0 aromatic heterocycles. The van der Waals surface area contributed by atoms with E-state index in [1.54, 1.807) is 0 Å². The molecule has 0 saturated heterocycles. The second-order valence-electron chi connectivity index (χ2n) is 5.56. The molecule has 2 N–H and O–H groups in total. The summed E-state index contributed by atoms with van der Waals surface area (Å²) in [5.41, 5.74) is 5.74. The molecule has 0 aromatic carbocycles. The molecule has 0 fully saturated rings.